The van der Waals surface area contributed by atoms with E-state index >= 15 is 0 Å². The molecule has 1 amide bonds. The summed E-state index contributed by atoms with van der Waals surface area (Å²) < 4.78 is 56.9. The Labute approximate surface area is 201 Å². The van der Waals surface area contributed by atoms with Crippen molar-refractivity contribution in [3.63, 3.8) is 0 Å². The largest absolute Gasteiger partial charge is 0.462 e. The van der Waals surface area contributed by atoms with Crippen LogP contribution in [-0.4, -0.2) is 60.0 Å². The molecule has 0 aromatic heterocycles. The van der Waals surface area contributed by atoms with Crippen molar-refractivity contribution < 1.29 is 42.4 Å². The molecule has 192 valence electrons. The number of aliphatic hydroxyl groups excluding tert-OH is 2. The Hall–Kier alpha value is -2.66. The molecule has 0 bridgehead atoms. The predicted octanol–water partition coefficient (Wildman–Crippen LogP) is 3.30. The lowest BCUT2D eigenvalue weighted by molar-refractivity contribution is -0.305. The zero-order chi connectivity index (χ0) is 26.0. The minimum absolute atomic E-state index is 0.218. The quantitative estimate of drug-likeness (QED) is 0.543. The topological polar surface area (TPSA) is 97.3 Å². The zero-order valence-electron chi connectivity index (χ0n) is 19.9. The van der Waals surface area contributed by atoms with Crippen LogP contribution in [0, 0.1) is 0 Å². The fraction of sp³-hybridized carbons (Fsp3) is 0.480. The van der Waals surface area contributed by atoms with Crippen molar-refractivity contribution in [1.82, 2.24) is 5.32 Å². The van der Waals surface area contributed by atoms with Crippen molar-refractivity contribution in [1.29, 1.82) is 0 Å². The van der Waals surface area contributed by atoms with Gasteiger partial charge in [-0.25, -0.2) is 0 Å². The molecular formula is C25H30F3NO6. The Morgan fingerprint density at radius 3 is 2.49 bits per heavy atom. The molecule has 7 nitrogen and oxygen atoms in total. The highest BCUT2D eigenvalue weighted by atomic mass is 19.4. The molecule has 1 aliphatic heterocycles. The second kappa shape index (κ2) is 10.5. The molecule has 3 N–H and O–H groups in total. The van der Waals surface area contributed by atoms with Gasteiger partial charge in [0.15, 0.2) is 0 Å². The number of hydrogen-bond acceptors (Lipinski definition) is 6. The summed E-state index contributed by atoms with van der Waals surface area (Å²) >= 11 is 0. The minimum Gasteiger partial charge on any atom is -0.462 e. The lowest BCUT2D eigenvalue weighted by Gasteiger charge is -2.46. The van der Waals surface area contributed by atoms with E-state index in [9.17, 15) is 28.2 Å². The smallest absolute Gasteiger partial charge is 0.416 e. The number of amides is 1. The van der Waals surface area contributed by atoms with Crippen molar-refractivity contribution in [2.45, 2.75) is 63.6 Å². The van der Waals surface area contributed by atoms with Crippen LogP contribution in [-0.2, 0) is 26.9 Å². The average Bonchev–Trinajstić information content (AvgIpc) is 2.77. The maximum Gasteiger partial charge on any atom is 0.416 e. The van der Waals surface area contributed by atoms with E-state index in [1.54, 1.807) is 38.1 Å². The van der Waals surface area contributed by atoms with E-state index in [1.165, 1.54) is 20.1 Å². The zero-order valence-corrected chi connectivity index (χ0v) is 19.9. The van der Waals surface area contributed by atoms with Gasteiger partial charge in [-0.3, -0.25) is 4.79 Å². The van der Waals surface area contributed by atoms with Gasteiger partial charge in [0.25, 0.3) is 0 Å². The van der Waals surface area contributed by atoms with E-state index in [0.717, 1.165) is 12.1 Å². The molecule has 1 saturated heterocycles. The van der Waals surface area contributed by atoms with Gasteiger partial charge in [-0.15, -0.1) is 0 Å². The molecule has 35 heavy (non-hydrogen) atoms. The van der Waals surface area contributed by atoms with Crippen LogP contribution in [0.1, 0.15) is 31.9 Å². The van der Waals surface area contributed by atoms with Gasteiger partial charge in [-0.1, -0.05) is 18.2 Å². The molecule has 0 spiro atoms. The molecule has 4 atom stereocenters. The van der Waals surface area contributed by atoms with Gasteiger partial charge in [0.05, 0.1) is 11.2 Å². The SMILES string of the molecule is CO[C@@H]1[C@@H](O)[C@H](O)C(Oc2ccc(CCNC(C)=O)c(-c3cccc(C(F)(F)F)c3)c2)OC1(C)C. The van der Waals surface area contributed by atoms with Crippen molar-refractivity contribution in [2.75, 3.05) is 13.7 Å². The monoisotopic (exact) mass is 497 g/mol. The van der Waals surface area contributed by atoms with Gasteiger partial charge in [0.1, 0.15) is 24.1 Å². The van der Waals surface area contributed by atoms with Crippen molar-refractivity contribution in [3.05, 3.63) is 53.6 Å². The number of methoxy groups -OCH3 is 1. The van der Waals surface area contributed by atoms with Crippen LogP contribution in [0.15, 0.2) is 42.5 Å². The van der Waals surface area contributed by atoms with Crippen molar-refractivity contribution in [3.8, 4) is 16.9 Å². The van der Waals surface area contributed by atoms with E-state index < -0.39 is 41.9 Å². The highest BCUT2D eigenvalue weighted by Crippen LogP contribution is 2.36. The predicted molar refractivity (Wildman–Crippen MR) is 122 cm³/mol. The molecule has 1 aliphatic rings. The highest BCUT2D eigenvalue weighted by Gasteiger charge is 2.50. The Balaban J connectivity index is 1.95. The molecule has 0 radical (unpaired) electrons. The van der Waals surface area contributed by atoms with Crippen LogP contribution in [0.5, 0.6) is 5.75 Å². The molecule has 1 fully saturated rings. The number of nitrogens with one attached hydrogen (secondary N) is 1. The second-order valence-corrected chi connectivity index (χ2v) is 8.98. The number of halogens is 3. The summed E-state index contributed by atoms with van der Waals surface area (Å²) in [6, 6.07) is 9.74. The lowest BCUT2D eigenvalue weighted by Crippen LogP contribution is -2.63. The summed E-state index contributed by atoms with van der Waals surface area (Å²) in [6.07, 6.45) is -8.90. The molecule has 10 heteroatoms. The molecule has 0 saturated carbocycles. The molecule has 3 rings (SSSR count). The van der Waals surface area contributed by atoms with Crippen LogP contribution in [0.3, 0.4) is 0 Å². The molecule has 1 unspecified atom stereocenters. The van der Waals surface area contributed by atoms with E-state index in [-0.39, 0.29) is 11.7 Å². The molecule has 1 heterocycles. The fourth-order valence-electron chi connectivity index (χ4n) is 4.19. The number of aliphatic hydroxyl groups is 2. The maximum absolute atomic E-state index is 13.3. The fourth-order valence-corrected chi connectivity index (χ4v) is 4.19. The lowest BCUT2D eigenvalue weighted by atomic mass is 9.89. The Bertz CT molecular complexity index is 1040. The first-order valence-electron chi connectivity index (χ1n) is 11.1. The number of carbonyl (C=O) groups excluding carboxylic acids is 1. The van der Waals surface area contributed by atoms with Gasteiger partial charge in [-0.05, 0) is 61.2 Å². The standard InChI is InChI=1S/C25H30F3NO6/c1-14(30)29-11-10-15-8-9-18(13-19(15)16-6-5-7-17(12-16)25(26,27)28)34-23-21(32)20(31)22(33-4)24(2,3)35-23/h5-9,12-13,20-23,31-32H,10-11H2,1-4H3,(H,29,30)/t20-,21-,22+,23?/m0/s1. The van der Waals surface area contributed by atoms with Crippen LogP contribution >= 0.6 is 0 Å². The number of alkyl halides is 3. The second-order valence-electron chi connectivity index (χ2n) is 8.98. The van der Waals surface area contributed by atoms with Gasteiger partial charge >= 0.3 is 6.18 Å². The van der Waals surface area contributed by atoms with Crippen molar-refractivity contribution in [2.24, 2.45) is 0 Å². The van der Waals surface area contributed by atoms with Crippen LogP contribution < -0.4 is 10.1 Å². The summed E-state index contributed by atoms with van der Waals surface area (Å²) in [6.45, 7) is 5.05. The minimum atomic E-state index is -4.51. The molecular weight excluding hydrogens is 467 g/mol. The number of carbonyl (C=O) groups is 1. The van der Waals surface area contributed by atoms with Crippen LogP contribution in [0.4, 0.5) is 13.2 Å². The first kappa shape index (κ1) is 26.9. The first-order chi connectivity index (χ1) is 16.3. The van der Waals surface area contributed by atoms with Gasteiger partial charge in [0.2, 0.25) is 12.2 Å². The maximum atomic E-state index is 13.3. The number of ether oxygens (including phenoxy) is 3. The third-order valence-electron chi connectivity index (χ3n) is 5.90. The first-order valence-corrected chi connectivity index (χ1v) is 11.1. The summed E-state index contributed by atoms with van der Waals surface area (Å²) in [7, 11) is 1.40. The highest BCUT2D eigenvalue weighted by molar-refractivity contribution is 5.73. The molecule has 2 aromatic carbocycles. The third-order valence-corrected chi connectivity index (χ3v) is 5.90. The van der Waals surface area contributed by atoms with E-state index in [1.807, 2.05) is 0 Å². The number of benzene rings is 2. The van der Waals surface area contributed by atoms with E-state index in [0.29, 0.717) is 29.7 Å². The van der Waals surface area contributed by atoms with E-state index in [4.69, 9.17) is 14.2 Å². The Morgan fingerprint density at radius 2 is 1.86 bits per heavy atom. The third kappa shape index (κ3) is 6.32. The Morgan fingerprint density at radius 1 is 1.14 bits per heavy atom. The van der Waals surface area contributed by atoms with Gasteiger partial charge in [-0.2, -0.15) is 13.2 Å². The van der Waals surface area contributed by atoms with Gasteiger partial charge in [0, 0.05) is 20.6 Å². The number of rotatable bonds is 7. The van der Waals surface area contributed by atoms with Crippen molar-refractivity contribution >= 4 is 5.91 Å². The average molecular weight is 498 g/mol. The summed E-state index contributed by atoms with van der Waals surface area (Å²) in [5.74, 6) is 0.00754. The number of hydrogen-bond donors (Lipinski definition) is 3. The summed E-state index contributed by atoms with van der Waals surface area (Å²) in [5.41, 5.74) is -0.307. The van der Waals surface area contributed by atoms with Crippen LogP contribution in [0.25, 0.3) is 11.1 Å². The Kier molecular flexibility index (Phi) is 8.10. The summed E-state index contributed by atoms with van der Waals surface area (Å²) in [4.78, 5) is 11.3. The van der Waals surface area contributed by atoms with Crippen LogP contribution in [0.2, 0.25) is 0 Å². The molecule has 2 aromatic rings. The normalized spacial score (nSPS) is 24.1. The van der Waals surface area contributed by atoms with Gasteiger partial charge < -0.3 is 29.7 Å². The van der Waals surface area contributed by atoms with E-state index in [2.05, 4.69) is 5.32 Å². The summed E-state index contributed by atoms with van der Waals surface area (Å²) in [5, 5.41) is 23.7. The molecule has 0 aliphatic carbocycles.